The first kappa shape index (κ1) is 25.4. The van der Waals surface area contributed by atoms with Gasteiger partial charge in [-0.25, -0.2) is 4.98 Å². The minimum absolute atomic E-state index is 0.155. The van der Waals surface area contributed by atoms with Crippen LogP contribution in [0.5, 0.6) is 5.75 Å². The van der Waals surface area contributed by atoms with Crippen LogP contribution in [0, 0.1) is 5.41 Å². The van der Waals surface area contributed by atoms with E-state index in [0.29, 0.717) is 24.8 Å². The molecule has 35 heavy (non-hydrogen) atoms. The van der Waals surface area contributed by atoms with Crippen molar-refractivity contribution in [1.82, 2.24) is 29.9 Å². The van der Waals surface area contributed by atoms with Crippen molar-refractivity contribution in [2.45, 2.75) is 37.8 Å². The van der Waals surface area contributed by atoms with Crippen LogP contribution in [-0.4, -0.2) is 95.2 Å². The van der Waals surface area contributed by atoms with E-state index in [2.05, 4.69) is 44.2 Å². The fraction of sp³-hybridized carbons (Fsp3) is 0.625. The highest BCUT2D eigenvalue weighted by Gasteiger charge is 2.36. The molecule has 2 aliphatic heterocycles. The third kappa shape index (κ3) is 7.17. The van der Waals surface area contributed by atoms with Gasteiger partial charge < -0.3 is 14.5 Å². The molecule has 0 amide bonds. The lowest BCUT2D eigenvalue weighted by molar-refractivity contribution is -0.144. The number of H-pyrrole nitrogens is 1. The maximum atomic E-state index is 12.6. The van der Waals surface area contributed by atoms with Gasteiger partial charge in [0.15, 0.2) is 0 Å². The van der Waals surface area contributed by atoms with E-state index in [1.807, 2.05) is 17.0 Å². The summed E-state index contributed by atoms with van der Waals surface area (Å²) in [7, 11) is 2.16. The SMILES string of the molecule is CN1CCN(CCOc2ccc(C3CCN(C(=N)CCc4nc(C(F)(F)F)n[nH]4)CC3)cc2)CC1. The number of amidine groups is 1. The minimum Gasteiger partial charge on any atom is -0.492 e. The number of nitrogens with one attached hydrogen (secondary N) is 2. The van der Waals surface area contributed by atoms with Gasteiger partial charge in [-0.1, -0.05) is 12.1 Å². The molecule has 0 aliphatic carbocycles. The summed E-state index contributed by atoms with van der Waals surface area (Å²) in [6.07, 6.45) is -2.12. The normalized spacial score (nSPS) is 18.7. The summed E-state index contributed by atoms with van der Waals surface area (Å²) in [5, 5.41) is 13.9. The number of halogens is 3. The van der Waals surface area contributed by atoms with Gasteiger partial charge in [-0.3, -0.25) is 15.4 Å². The fourth-order valence-corrected chi connectivity index (χ4v) is 4.61. The molecule has 2 N–H and O–H groups in total. The first-order valence-electron chi connectivity index (χ1n) is 12.2. The van der Waals surface area contributed by atoms with Crippen molar-refractivity contribution >= 4 is 5.84 Å². The monoisotopic (exact) mass is 493 g/mol. The largest absolute Gasteiger partial charge is 0.492 e. The van der Waals surface area contributed by atoms with Gasteiger partial charge in [0.05, 0.1) is 5.84 Å². The number of likely N-dealkylation sites (tertiary alicyclic amines) is 1. The first-order chi connectivity index (χ1) is 16.8. The van der Waals surface area contributed by atoms with Crippen molar-refractivity contribution in [3.63, 3.8) is 0 Å². The summed E-state index contributed by atoms with van der Waals surface area (Å²) in [5.41, 5.74) is 1.28. The number of piperazine rings is 1. The van der Waals surface area contributed by atoms with E-state index >= 15 is 0 Å². The molecule has 0 spiro atoms. The molecule has 4 rings (SSSR count). The lowest BCUT2D eigenvalue weighted by atomic mass is 9.89. The number of aromatic nitrogens is 3. The Morgan fingerprint density at radius 3 is 2.40 bits per heavy atom. The summed E-state index contributed by atoms with van der Waals surface area (Å²) < 4.78 is 43.8. The number of hydrogen-bond donors (Lipinski definition) is 2. The minimum atomic E-state index is -4.56. The molecule has 0 saturated carbocycles. The van der Waals surface area contributed by atoms with Gasteiger partial charge in [0.25, 0.3) is 5.82 Å². The number of nitrogens with zero attached hydrogens (tertiary/aromatic N) is 5. The molecule has 0 unspecified atom stereocenters. The number of benzene rings is 1. The van der Waals surface area contributed by atoms with E-state index in [1.54, 1.807) is 0 Å². The van der Waals surface area contributed by atoms with Crippen LogP contribution in [0.15, 0.2) is 24.3 Å². The maximum absolute atomic E-state index is 12.6. The highest BCUT2D eigenvalue weighted by atomic mass is 19.4. The van der Waals surface area contributed by atoms with Gasteiger partial charge in [-0.2, -0.15) is 13.2 Å². The van der Waals surface area contributed by atoms with Gasteiger partial charge in [-0.05, 0) is 43.5 Å². The van der Waals surface area contributed by atoms with E-state index < -0.39 is 12.0 Å². The molecule has 0 bridgehead atoms. The van der Waals surface area contributed by atoms with E-state index in [9.17, 15) is 13.2 Å². The topological polar surface area (TPSA) is 84.4 Å². The Kier molecular flexibility index (Phi) is 8.27. The Morgan fingerprint density at radius 1 is 1.09 bits per heavy atom. The van der Waals surface area contributed by atoms with Gasteiger partial charge in [0.2, 0.25) is 0 Å². The standard InChI is InChI=1S/C24H34F3N7O/c1-32-12-14-33(15-13-32)16-17-35-20-4-2-18(3-5-20)19-8-10-34(11-9-19)21(28)6-7-22-29-23(31-30-22)24(25,26)27/h2-5,19,28H,6-17H2,1H3,(H,29,30,31). The lowest BCUT2D eigenvalue weighted by Gasteiger charge is -2.34. The number of likely N-dealkylation sites (N-methyl/N-ethyl adjacent to an activating group) is 1. The zero-order valence-corrected chi connectivity index (χ0v) is 20.2. The predicted octanol–water partition coefficient (Wildman–Crippen LogP) is 3.24. The molecule has 3 heterocycles. The molecule has 2 saturated heterocycles. The third-order valence-corrected chi connectivity index (χ3v) is 6.88. The molecular formula is C24H34F3N7O. The molecule has 2 fully saturated rings. The Hall–Kier alpha value is -2.66. The van der Waals surface area contributed by atoms with Crippen LogP contribution in [-0.2, 0) is 12.6 Å². The number of ether oxygens (including phenoxy) is 1. The second-order valence-corrected chi connectivity index (χ2v) is 9.37. The number of aryl methyl sites for hydroxylation is 1. The number of rotatable bonds is 8. The molecule has 1 aromatic carbocycles. The zero-order chi connectivity index (χ0) is 24.8. The third-order valence-electron chi connectivity index (χ3n) is 6.88. The summed E-state index contributed by atoms with van der Waals surface area (Å²) in [6, 6.07) is 8.36. The van der Waals surface area contributed by atoms with E-state index in [-0.39, 0.29) is 12.2 Å². The number of aromatic amines is 1. The van der Waals surface area contributed by atoms with Crippen LogP contribution >= 0.6 is 0 Å². The fourth-order valence-electron chi connectivity index (χ4n) is 4.61. The van der Waals surface area contributed by atoms with Crippen LogP contribution in [0.3, 0.4) is 0 Å². The van der Waals surface area contributed by atoms with E-state index in [1.165, 1.54) is 5.56 Å². The van der Waals surface area contributed by atoms with Crippen LogP contribution in [0.25, 0.3) is 0 Å². The second-order valence-electron chi connectivity index (χ2n) is 9.37. The molecular weight excluding hydrogens is 459 g/mol. The molecule has 1 aromatic heterocycles. The van der Waals surface area contributed by atoms with Gasteiger partial charge >= 0.3 is 6.18 Å². The van der Waals surface area contributed by atoms with Crippen molar-refractivity contribution in [3.8, 4) is 5.75 Å². The first-order valence-corrected chi connectivity index (χ1v) is 12.2. The lowest BCUT2D eigenvalue weighted by Crippen LogP contribution is -2.45. The molecule has 2 aromatic rings. The average Bonchev–Trinajstić information content (AvgIpc) is 3.34. The van der Waals surface area contributed by atoms with Crippen LogP contribution in [0.4, 0.5) is 13.2 Å². The van der Waals surface area contributed by atoms with Gasteiger partial charge in [0.1, 0.15) is 18.2 Å². The highest BCUT2D eigenvalue weighted by molar-refractivity contribution is 5.79. The quantitative estimate of drug-likeness (QED) is 0.434. The summed E-state index contributed by atoms with van der Waals surface area (Å²) in [4.78, 5) is 10.3. The van der Waals surface area contributed by atoms with E-state index in [0.717, 1.165) is 64.4 Å². The molecule has 11 heteroatoms. The number of piperidine rings is 1. The average molecular weight is 494 g/mol. The Labute approximate surface area is 204 Å². The summed E-state index contributed by atoms with van der Waals surface area (Å²) >= 11 is 0. The Bertz CT molecular complexity index is 947. The molecule has 0 atom stereocenters. The van der Waals surface area contributed by atoms with Crippen LogP contribution in [0.2, 0.25) is 0 Å². The summed E-state index contributed by atoms with van der Waals surface area (Å²) in [5.74, 6) is 0.747. The molecule has 2 aliphatic rings. The van der Waals surface area contributed by atoms with Gasteiger partial charge in [-0.15, -0.1) is 5.10 Å². The van der Waals surface area contributed by atoms with Crippen molar-refractivity contribution in [1.29, 1.82) is 5.41 Å². The summed E-state index contributed by atoms with van der Waals surface area (Å²) in [6.45, 7) is 7.56. The van der Waals surface area contributed by atoms with Gasteiger partial charge in [0, 0.05) is 58.7 Å². The Morgan fingerprint density at radius 2 is 1.77 bits per heavy atom. The van der Waals surface area contributed by atoms with Crippen molar-refractivity contribution in [2.24, 2.45) is 0 Å². The second kappa shape index (κ2) is 11.4. The molecule has 8 nitrogen and oxygen atoms in total. The van der Waals surface area contributed by atoms with Crippen molar-refractivity contribution in [2.75, 3.05) is 59.5 Å². The van der Waals surface area contributed by atoms with Crippen molar-refractivity contribution < 1.29 is 17.9 Å². The van der Waals surface area contributed by atoms with Crippen molar-refractivity contribution in [3.05, 3.63) is 41.5 Å². The number of alkyl halides is 3. The smallest absolute Gasteiger partial charge is 0.453 e. The highest BCUT2D eigenvalue weighted by Crippen LogP contribution is 2.30. The maximum Gasteiger partial charge on any atom is 0.453 e. The predicted molar refractivity (Wildman–Crippen MR) is 127 cm³/mol. The molecule has 192 valence electrons. The Balaban J connectivity index is 1.16. The van der Waals surface area contributed by atoms with Crippen LogP contribution in [0.1, 0.15) is 42.4 Å². The van der Waals surface area contributed by atoms with E-state index in [4.69, 9.17) is 10.1 Å². The molecule has 0 radical (unpaired) electrons. The zero-order valence-electron chi connectivity index (χ0n) is 20.2. The number of hydrogen-bond acceptors (Lipinski definition) is 6. The van der Waals surface area contributed by atoms with Crippen LogP contribution < -0.4 is 4.74 Å².